The number of amides is 1. The lowest BCUT2D eigenvalue weighted by atomic mass is 9.96. The highest BCUT2D eigenvalue weighted by Gasteiger charge is 2.26. The summed E-state index contributed by atoms with van der Waals surface area (Å²) in [5, 5.41) is 7.21. The Hall–Kier alpha value is -2.14. The molecule has 1 heterocycles. The zero-order valence-corrected chi connectivity index (χ0v) is 13.2. The Labute approximate surface area is 131 Å². The lowest BCUT2D eigenvalue weighted by molar-refractivity contribution is -0.126. The van der Waals surface area contributed by atoms with Crippen molar-refractivity contribution in [3.8, 4) is 0 Å². The van der Waals surface area contributed by atoms with Crippen LogP contribution in [0.1, 0.15) is 37.8 Å². The molecule has 0 saturated carbocycles. The SMILES string of the molecule is CCCC(C)(N)C(=O)NCc1cnn(Cc2ccccc2)c1. The van der Waals surface area contributed by atoms with E-state index < -0.39 is 5.54 Å². The highest BCUT2D eigenvalue weighted by atomic mass is 16.2. The van der Waals surface area contributed by atoms with Crippen LogP contribution in [0.4, 0.5) is 0 Å². The van der Waals surface area contributed by atoms with Crippen LogP contribution in [-0.4, -0.2) is 21.2 Å². The van der Waals surface area contributed by atoms with Crippen LogP contribution < -0.4 is 11.1 Å². The molecule has 1 unspecified atom stereocenters. The van der Waals surface area contributed by atoms with Gasteiger partial charge in [-0.1, -0.05) is 43.7 Å². The first-order valence-corrected chi connectivity index (χ1v) is 7.63. The molecule has 0 aliphatic carbocycles. The summed E-state index contributed by atoms with van der Waals surface area (Å²) in [5.74, 6) is -0.120. The van der Waals surface area contributed by atoms with Crippen molar-refractivity contribution in [3.05, 3.63) is 53.9 Å². The molecule has 2 aromatic rings. The highest BCUT2D eigenvalue weighted by molar-refractivity contribution is 5.85. The van der Waals surface area contributed by atoms with Gasteiger partial charge < -0.3 is 11.1 Å². The zero-order valence-electron chi connectivity index (χ0n) is 13.2. The normalized spacial score (nSPS) is 13.6. The molecule has 0 aliphatic heterocycles. The van der Waals surface area contributed by atoms with Gasteiger partial charge in [0.2, 0.25) is 5.91 Å². The Balaban J connectivity index is 1.88. The fraction of sp³-hybridized carbons (Fsp3) is 0.412. The summed E-state index contributed by atoms with van der Waals surface area (Å²) in [5.41, 5.74) is 7.36. The minimum absolute atomic E-state index is 0.120. The summed E-state index contributed by atoms with van der Waals surface area (Å²) < 4.78 is 1.87. The quantitative estimate of drug-likeness (QED) is 0.822. The van der Waals surface area contributed by atoms with Crippen molar-refractivity contribution in [1.29, 1.82) is 0 Å². The molecular weight excluding hydrogens is 276 g/mol. The smallest absolute Gasteiger partial charge is 0.240 e. The van der Waals surface area contributed by atoms with E-state index in [2.05, 4.69) is 22.5 Å². The van der Waals surface area contributed by atoms with Crippen molar-refractivity contribution in [3.63, 3.8) is 0 Å². The summed E-state index contributed by atoms with van der Waals surface area (Å²) in [6.45, 7) is 4.96. The van der Waals surface area contributed by atoms with Gasteiger partial charge >= 0.3 is 0 Å². The second kappa shape index (κ2) is 7.22. The summed E-state index contributed by atoms with van der Waals surface area (Å²) >= 11 is 0. The van der Waals surface area contributed by atoms with E-state index in [0.717, 1.165) is 18.5 Å². The Morgan fingerprint density at radius 2 is 2.05 bits per heavy atom. The molecule has 118 valence electrons. The number of aromatic nitrogens is 2. The monoisotopic (exact) mass is 300 g/mol. The van der Waals surface area contributed by atoms with Crippen molar-refractivity contribution in [2.24, 2.45) is 5.73 Å². The third-order valence-corrected chi connectivity index (χ3v) is 3.62. The second-order valence-electron chi connectivity index (χ2n) is 5.88. The van der Waals surface area contributed by atoms with Crippen molar-refractivity contribution < 1.29 is 4.79 Å². The summed E-state index contributed by atoms with van der Waals surface area (Å²) in [4.78, 5) is 12.1. The number of nitrogens with zero attached hydrogens (tertiary/aromatic N) is 2. The number of benzene rings is 1. The number of hydrogen-bond acceptors (Lipinski definition) is 3. The Morgan fingerprint density at radius 1 is 1.32 bits per heavy atom. The van der Waals surface area contributed by atoms with Gasteiger partial charge in [0.25, 0.3) is 0 Å². The Morgan fingerprint density at radius 3 is 2.73 bits per heavy atom. The summed E-state index contributed by atoms with van der Waals surface area (Å²) in [7, 11) is 0. The zero-order chi connectivity index (χ0) is 16.0. The fourth-order valence-electron chi connectivity index (χ4n) is 2.37. The lowest BCUT2D eigenvalue weighted by Crippen LogP contribution is -2.51. The van der Waals surface area contributed by atoms with Gasteiger partial charge in [-0.2, -0.15) is 5.10 Å². The minimum atomic E-state index is -0.811. The third kappa shape index (κ3) is 4.43. The molecule has 3 N–H and O–H groups in total. The molecule has 1 atom stereocenters. The van der Waals surface area contributed by atoms with Crippen LogP contribution in [0.2, 0.25) is 0 Å². The topological polar surface area (TPSA) is 72.9 Å². The molecule has 2 rings (SSSR count). The van der Waals surface area contributed by atoms with Crippen molar-refractivity contribution in [2.45, 2.75) is 45.3 Å². The first-order chi connectivity index (χ1) is 10.5. The number of rotatable bonds is 7. The molecule has 5 heteroatoms. The third-order valence-electron chi connectivity index (χ3n) is 3.62. The Bertz CT molecular complexity index is 604. The molecule has 0 saturated heterocycles. The van der Waals surface area contributed by atoms with E-state index in [-0.39, 0.29) is 5.91 Å². The first kappa shape index (κ1) is 16.2. The number of nitrogens with one attached hydrogen (secondary N) is 1. The van der Waals surface area contributed by atoms with E-state index in [9.17, 15) is 4.79 Å². The predicted octanol–water partition coefficient (Wildman–Crippen LogP) is 2.07. The number of hydrogen-bond donors (Lipinski definition) is 2. The van der Waals surface area contributed by atoms with E-state index in [0.29, 0.717) is 13.0 Å². The van der Waals surface area contributed by atoms with Crippen LogP contribution in [0, 0.1) is 0 Å². The molecule has 0 radical (unpaired) electrons. The summed E-state index contributed by atoms with van der Waals surface area (Å²) in [6.07, 6.45) is 5.28. The van der Waals surface area contributed by atoms with Gasteiger partial charge in [-0.15, -0.1) is 0 Å². The van der Waals surface area contributed by atoms with Crippen LogP contribution in [-0.2, 0) is 17.9 Å². The van der Waals surface area contributed by atoms with E-state index in [4.69, 9.17) is 5.73 Å². The number of carbonyl (C=O) groups excluding carboxylic acids is 1. The minimum Gasteiger partial charge on any atom is -0.350 e. The van der Waals surface area contributed by atoms with Gasteiger partial charge in [-0.25, -0.2) is 0 Å². The van der Waals surface area contributed by atoms with Gasteiger partial charge in [-0.05, 0) is 18.9 Å². The molecule has 0 aliphatic rings. The fourth-order valence-corrected chi connectivity index (χ4v) is 2.37. The van der Waals surface area contributed by atoms with Crippen LogP contribution in [0.15, 0.2) is 42.7 Å². The van der Waals surface area contributed by atoms with Gasteiger partial charge in [0.15, 0.2) is 0 Å². The average molecular weight is 300 g/mol. The van der Waals surface area contributed by atoms with Crippen molar-refractivity contribution in [2.75, 3.05) is 0 Å². The molecule has 1 aromatic carbocycles. The maximum Gasteiger partial charge on any atom is 0.240 e. The highest BCUT2D eigenvalue weighted by Crippen LogP contribution is 2.09. The summed E-state index contributed by atoms with van der Waals surface area (Å²) in [6, 6.07) is 10.1. The Kier molecular flexibility index (Phi) is 5.33. The molecule has 22 heavy (non-hydrogen) atoms. The largest absolute Gasteiger partial charge is 0.350 e. The maximum atomic E-state index is 12.1. The van der Waals surface area contributed by atoms with Crippen LogP contribution in [0.5, 0.6) is 0 Å². The number of carbonyl (C=O) groups is 1. The molecule has 0 spiro atoms. The molecular formula is C17H24N4O. The van der Waals surface area contributed by atoms with Crippen molar-refractivity contribution in [1.82, 2.24) is 15.1 Å². The second-order valence-corrected chi connectivity index (χ2v) is 5.88. The predicted molar refractivity (Wildman–Crippen MR) is 87.1 cm³/mol. The molecule has 5 nitrogen and oxygen atoms in total. The molecule has 0 bridgehead atoms. The van der Waals surface area contributed by atoms with E-state index >= 15 is 0 Å². The maximum absolute atomic E-state index is 12.1. The standard InChI is InChI=1S/C17H24N4O/c1-3-9-17(2,18)16(22)19-10-15-11-20-21(13-15)12-14-7-5-4-6-8-14/h4-8,11,13H,3,9-10,12,18H2,1-2H3,(H,19,22). The van der Waals surface area contributed by atoms with Crippen LogP contribution in [0.25, 0.3) is 0 Å². The lowest BCUT2D eigenvalue weighted by Gasteiger charge is -2.22. The van der Waals surface area contributed by atoms with Gasteiger partial charge in [0.05, 0.1) is 18.3 Å². The van der Waals surface area contributed by atoms with E-state index in [1.165, 1.54) is 5.56 Å². The molecule has 1 aromatic heterocycles. The van der Waals surface area contributed by atoms with Crippen molar-refractivity contribution >= 4 is 5.91 Å². The number of nitrogens with two attached hydrogens (primary N) is 1. The van der Waals surface area contributed by atoms with E-state index in [1.807, 2.05) is 36.0 Å². The van der Waals surface area contributed by atoms with Crippen LogP contribution in [0.3, 0.4) is 0 Å². The first-order valence-electron chi connectivity index (χ1n) is 7.63. The molecule has 1 amide bonds. The molecule has 0 fully saturated rings. The van der Waals surface area contributed by atoms with Gasteiger partial charge in [-0.3, -0.25) is 9.48 Å². The average Bonchev–Trinajstić information content (AvgIpc) is 2.93. The van der Waals surface area contributed by atoms with Crippen LogP contribution >= 0.6 is 0 Å². The van der Waals surface area contributed by atoms with E-state index in [1.54, 1.807) is 13.1 Å². The van der Waals surface area contributed by atoms with Gasteiger partial charge in [0, 0.05) is 18.3 Å². The van der Waals surface area contributed by atoms with Gasteiger partial charge in [0.1, 0.15) is 0 Å².